The monoisotopic (exact) mass is 392 g/mol. The van der Waals surface area contributed by atoms with Crippen molar-refractivity contribution in [1.82, 2.24) is 4.98 Å². The fraction of sp³-hybridized carbons (Fsp3) is 0. The Hall–Kier alpha value is -1.59. The molecule has 0 aliphatic rings. The molecule has 3 nitrogen and oxygen atoms in total. The Morgan fingerprint density at radius 2 is 1.90 bits per heavy atom. The van der Waals surface area contributed by atoms with Gasteiger partial charge in [-0.2, -0.15) is 0 Å². The van der Waals surface area contributed by atoms with Crippen LogP contribution >= 0.6 is 31.9 Å². The minimum atomic E-state index is -0.0616. The van der Waals surface area contributed by atoms with Crippen LogP contribution in [-0.2, 0) is 0 Å². The molecule has 0 aliphatic heterocycles. The highest BCUT2D eigenvalue weighted by Crippen LogP contribution is 2.29. The number of aromatic amines is 1. The SMILES string of the molecule is Nc1cccc(C(=O)c2c[nH]c3ccc(Br)cc23)c1Br. The number of H-pyrrole nitrogens is 1. The number of carbonyl (C=O) groups excluding carboxylic acids is 1. The number of nitrogens with one attached hydrogen (secondary N) is 1. The molecule has 100 valence electrons. The molecule has 1 heterocycles. The zero-order chi connectivity index (χ0) is 14.3. The van der Waals surface area contributed by atoms with Gasteiger partial charge in [0, 0.05) is 38.4 Å². The van der Waals surface area contributed by atoms with Crippen LogP contribution in [0.4, 0.5) is 5.69 Å². The van der Waals surface area contributed by atoms with Crippen molar-refractivity contribution in [1.29, 1.82) is 0 Å². The Bertz CT molecular complexity index is 824. The number of ketones is 1. The molecule has 5 heteroatoms. The maximum atomic E-state index is 12.7. The van der Waals surface area contributed by atoms with E-state index in [0.29, 0.717) is 21.3 Å². The van der Waals surface area contributed by atoms with Crippen molar-refractivity contribution in [3.05, 3.63) is 62.7 Å². The number of fused-ring (bicyclic) bond motifs is 1. The number of halogens is 2. The van der Waals surface area contributed by atoms with E-state index >= 15 is 0 Å². The molecule has 2 aromatic carbocycles. The fourth-order valence-electron chi connectivity index (χ4n) is 2.15. The summed E-state index contributed by atoms with van der Waals surface area (Å²) in [6.45, 7) is 0. The number of nitrogen functional groups attached to an aromatic ring is 1. The Balaban J connectivity index is 2.18. The van der Waals surface area contributed by atoms with Gasteiger partial charge in [-0.15, -0.1) is 0 Å². The van der Waals surface area contributed by atoms with Gasteiger partial charge in [-0.05, 0) is 46.3 Å². The zero-order valence-corrected chi connectivity index (χ0v) is 13.5. The summed E-state index contributed by atoms with van der Waals surface area (Å²) in [4.78, 5) is 15.8. The molecule has 0 saturated carbocycles. The van der Waals surface area contributed by atoms with Crippen LogP contribution in [0.5, 0.6) is 0 Å². The molecule has 0 aliphatic carbocycles. The van der Waals surface area contributed by atoms with Gasteiger partial charge in [0.2, 0.25) is 0 Å². The van der Waals surface area contributed by atoms with E-state index in [-0.39, 0.29) is 5.78 Å². The van der Waals surface area contributed by atoms with Crippen LogP contribution in [0.25, 0.3) is 10.9 Å². The van der Waals surface area contributed by atoms with E-state index in [9.17, 15) is 4.79 Å². The third kappa shape index (κ3) is 2.17. The molecule has 0 fully saturated rings. The van der Waals surface area contributed by atoms with Crippen molar-refractivity contribution in [2.45, 2.75) is 0 Å². The van der Waals surface area contributed by atoms with Gasteiger partial charge in [0.25, 0.3) is 0 Å². The lowest BCUT2D eigenvalue weighted by Gasteiger charge is -2.05. The van der Waals surface area contributed by atoms with Gasteiger partial charge in [-0.25, -0.2) is 0 Å². The van der Waals surface area contributed by atoms with E-state index in [1.165, 1.54) is 0 Å². The summed E-state index contributed by atoms with van der Waals surface area (Å²) in [6, 6.07) is 11.1. The maximum absolute atomic E-state index is 12.7. The second-order valence-corrected chi connectivity index (χ2v) is 6.14. The highest BCUT2D eigenvalue weighted by atomic mass is 79.9. The minimum absolute atomic E-state index is 0.0616. The van der Waals surface area contributed by atoms with Crippen LogP contribution in [-0.4, -0.2) is 10.8 Å². The number of nitrogens with two attached hydrogens (primary N) is 1. The molecule has 3 N–H and O–H groups in total. The Kier molecular flexibility index (Phi) is 3.40. The van der Waals surface area contributed by atoms with Gasteiger partial charge < -0.3 is 10.7 Å². The molecule has 0 unspecified atom stereocenters. The molecule has 20 heavy (non-hydrogen) atoms. The third-order valence-corrected chi connectivity index (χ3v) is 4.54. The van der Waals surface area contributed by atoms with Crippen molar-refractivity contribution in [2.75, 3.05) is 5.73 Å². The number of rotatable bonds is 2. The van der Waals surface area contributed by atoms with E-state index in [4.69, 9.17) is 5.73 Å². The van der Waals surface area contributed by atoms with Gasteiger partial charge in [0.15, 0.2) is 5.78 Å². The van der Waals surface area contributed by atoms with Crippen LogP contribution in [0.2, 0.25) is 0 Å². The summed E-state index contributed by atoms with van der Waals surface area (Å²) in [7, 11) is 0. The van der Waals surface area contributed by atoms with Crippen LogP contribution in [0.3, 0.4) is 0 Å². The Morgan fingerprint density at radius 1 is 1.10 bits per heavy atom. The summed E-state index contributed by atoms with van der Waals surface area (Å²) in [5.41, 5.74) is 8.51. The quantitative estimate of drug-likeness (QED) is 0.497. The van der Waals surface area contributed by atoms with E-state index in [1.54, 1.807) is 24.4 Å². The standard InChI is InChI=1S/C15H10Br2N2O/c16-8-4-5-13-10(6-8)11(7-19-13)15(20)9-2-1-3-12(18)14(9)17/h1-7,19H,18H2. The lowest BCUT2D eigenvalue weighted by Crippen LogP contribution is -2.03. The van der Waals surface area contributed by atoms with Gasteiger partial charge in [-0.1, -0.05) is 22.0 Å². The lowest BCUT2D eigenvalue weighted by molar-refractivity contribution is 0.103. The predicted molar refractivity (Wildman–Crippen MR) is 88.0 cm³/mol. The van der Waals surface area contributed by atoms with Crippen molar-refractivity contribution in [3.8, 4) is 0 Å². The molecule has 0 amide bonds. The number of carbonyl (C=O) groups is 1. The summed E-state index contributed by atoms with van der Waals surface area (Å²) in [5.74, 6) is -0.0616. The van der Waals surface area contributed by atoms with Crippen molar-refractivity contribution in [2.24, 2.45) is 0 Å². The van der Waals surface area contributed by atoms with Crippen molar-refractivity contribution in [3.63, 3.8) is 0 Å². The summed E-state index contributed by atoms with van der Waals surface area (Å²) in [6.07, 6.45) is 1.73. The molecule has 0 spiro atoms. The van der Waals surface area contributed by atoms with Crippen LogP contribution in [0, 0.1) is 0 Å². The fourth-order valence-corrected chi connectivity index (χ4v) is 2.96. The Morgan fingerprint density at radius 3 is 2.70 bits per heavy atom. The first-order valence-electron chi connectivity index (χ1n) is 5.93. The van der Waals surface area contributed by atoms with Gasteiger partial charge in [-0.3, -0.25) is 4.79 Å². The largest absolute Gasteiger partial charge is 0.398 e. The number of aromatic nitrogens is 1. The highest BCUT2D eigenvalue weighted by Gasteiger charge is 2.17. The van der Waals surface area contributed by atoms with E-state index in [0.717, 1.165) is 15.4 Å². The molecule has 3 aromatic rings. The minimum Gasteiger partial charge on any atom is -0.398 e. The zero-order valence-electron chi connectivity index (χ0n) is 10.3. The maximum Gasteiger partial charge on any atom is 0.196 e. The molecule has 3 rings (SSSR count). The summed E-state index contributed by atoms with van der Waals surface area (Å²) in [5, 5.41) is 0.888. The van der Waals surface area contributed by atoms with E-state index < -0.39 is 0 Å². The summed E-state index contributed by atoms with van der Waals surface area (Å²) >= 11 is 6.81. The average Bonchev–Trinajstić information content (AvgIpc) is 2.84. The second-order valence-electron chi connectivity index (χ2n) is 4.43. The van der Waals surface area contributed by atoms with Gasteiger partial charge in [0.05, 0.1) is 4.47 Å². The molecular weight excluding hydrogens is 384 g/mol. The van der Waals surface area contributed by atoms with Gasteiger partial charge >= 0.3 is 0 Å². The van der Waals surface area contributed by atoms with Crippen LogP contribution < -0.4 is 5.73 Å². The first kappa shape index (κ1) is 13.4. The topological polar surface area (TPSA) is 58.9 Å². The molecule has 0 bridgehead atoms. The van der Waals surface area contributed by atoms with Crippen molar-refractivity contribution < 1.29 is 4.79 Å². The highest BCUT2D eigenvalue weighted by molar-refractivity contribution is 9.11. The Labute approximate surface area is 132 Å². The smallest absolute Gasteiger partial charge is 0.196 e. The molecular formula is C15H10Br2N2O. The lowest BCUT2D eigenvalue weighted by atomic mass is 10.0. The number of hydrogen-bond donors (Lipinski definition) is 2. The molecule has 1 aromatic heterocycles. The number of hydrogen-bond acceptors (Lipinski definition) is 2. The van der Waals surface area contributed by atoms with Crippen LogP contribution in [0.15, 0.2) is 51.5 Å². The van der Waals surface area contributed by atoms with Crippen molar-refractivity contribution >= 4 is 54.2 Å². The second kappa shape index (κ2) is 5.07. The average molecular weight is 394 g/mol. The molecule has 0 radical (unpaired) electrons. The number of anilines is 1. The first-order valence-corrected chi connectivity index (χ1v) is 7.52. The molecule has 0 saturated heterocycles. The van der Waals surface area contributed by atoms with Crippen LogP contribution in [0.1, 0.15) is 15.9 Å². The van der Waals surface area contributed by atoms with E-state index in [2.05, 4.69) is 36.8 Å². The molecule has 0 atom stereocenters. The summed E-state index contributed by atoms with van der Waals surface area (Å²) < 4.78 is 1.57. The third-order valence-electron chi connectivity index (χ3n) is 3.16. The first-order chi connectivity index (χ1) is 9.58. The predicted octanol–water partition coefficient (Wildman–Crippen LogP) is 4.51. The number of benzene rings is 2. The normalized spacial score (nSPS) is 10.9. The van der Waals surface area contributed by atoms with Gasteiger partial charge in [0.1, 0.15) is 0 Å². The van der Waals surface area contributed by atoms with E-state index in [1.807, 2.05) is 18.2 Å².